The maximum Gasteiger partial charge on any atom is 0.501 e. The van der Waals surface area contributed by atoms with Crippen LogP contribution < -0.4 is 4.74 Å². The molecule has 0 atom stereocenters. The Morgan fingerprint density at radius 2 is 1.71 bits per heavy atom. The second-order valence-corrected chi connectivity index (χ2v) is 7.38. The summed E-state index contributed by atoms with van der Waals surface area (Å²) in [5.41, 5.74) is -5.54. The molecule has 0 aliphatic carbocycles. The minimum absolute atomic E-state index is 0.0226. The summed E-state index contributed by atoms with van der Waals surface area (Å²) in [6, 6.07) is 4.98. The van der Waals surface area contributed by atoms with E-state index < -0.39 is 31.1 Å². The average molecular weight is 403 g/mol. The summed E-state index contributed by atoms with van der Waals surface area (Å²) in [7, 11) is -5.60. The second kappa shape index (κ2) is 6.42. The van der Waals surface area contributed by atoms with Crippen molar-refractivity contribution in [2.75, 3.05) is 0 Å². The van der Waals surface area contributed by atoms with Crippen LogP contribution in [0, 0.1) is 12.7 Å². The molecular weight excluding hydrogens is 395 g/mol. The molecule has 2 aromatic carbocycles. The Labute approximate surface area is 144 Å². The van der Waals surface area contributed by atoms with Gasteiger partial charge in [-0.05, 0) is 31.2 Å². The van der Waals surface area contributed by atoms with Crippen LogP contribution in [0.2, 0.25) is 10.0 Å². The number of ether oxygens (including phenoxy) is 1. The molecule has 0 saturated heterocycles. The zero-order valence-electron chi connectivity index (χ0n) is 11.8. The molecule has 0 unspecified atom stereocenters. The van der Waals surface area contributed by atoms with E-state index >= 15 is 0 Å². The number of halogens is 6. The van der Waals surface area contributed by atoms with Crippen molar-refractivity contribution in [2.24, 2.45) is 0 Å². The first-order chi connectivity index (χ1) is 10.9. The van der Waals surface area contributed by atoms with E-state index in [1.807, 2.05) is 0 Å². The third kappa shape index (κ3) is 3.60. The van der Waals surface area contributed by atoms with E-state index in [1.54, 1.807) is 0 Å². The van der Waals surface area contributed by atoms with E-state index in [4.69, 9.17) is 27.9 Å². The van der Waals surface area contributed by atoms with Crippen molar-refractivity contribution < 1.29 is 30.7 Å². The topological polar surface area (TPSA) is 43.4 Å². The molecule has 0 bridgehead atoms. The van der Waals surface area contributed by atoms with Crippen molar-refractivity contribution in [1.82, 2.24) is 0 Å². The molecule has 0 saturated carbocycles. The average Bonchev–Trinajstić information content (AvgIpc) is 2.41. The van der Waals surface area contributed by atoms with Crippen LogP contribution in [-0.2, 0) is 9.84 Å². The van der Waals surface area contributed by atoms with Gasteiger partial charge in [-0.15, -0.1) is 0 Å². The van der Waals surface area contributed by atoms with Gasteiger partial charge in [-0.2, -0.15) is 13.2 Å². The van der Waals surface area contributed by atoms with Crippen molar-refractivity contribution in [1.29, 1.82) is 0 Å². The molecule has 2 aromatic rings. The highest BCUT2D eigenvalue weighted by atomic mass is 35.5. The minimum atomic E-state index is -5.60. The molecular formula is C14H8Cl2F4O3S. The number of hydrogen-bond donors (Lipinski definition) is 0. The van der Waals surface area contributed by atoms with Crippen molar-refractivity contribution in [3.05, 3.63) is 51.8 Å². The fourth-order valence-corrected chi connectivity index (χ4v) is 3.36. The number of benzene rings is 2. The van der Waals surface area contributed by atoms with E-state index in [2.05, 4.69) is 0 Å². The summed E-state index contributed by atoms with van der Waals surface area (Å²) in [4.78, 5) is -1.08. The molecule has 0 amide bonds. The largest absolute Gasteiger partial charge is 0.501 e. The molecule has 130 valence electrons. The third-order valence-corrected chi connectivity index (χ3v) is 5.31. The normalized spacial score (nSPS) is 12.3. The van der Waals surface area contributed by atoms with Crippen molar-refractivity contribution in [3.8, 4) is 11.5 Å². The van der Waals surface area contributed by atoms with Crippen LogP contribution in [-0.4, -0.2) is 13.9 Å². The van der Waals surface area contributed by atoms with E-state index in [0.717, 1.165) is 18.2 Å². The van der Waals surface area contributed by atoms with Gasteiger partial charge in [0.2, 0.25) is 0 Å². The number of sulfone groups is 1. The molecule has 3 nitrogen and oxygen atoms in total. The Balaban J connectivity index is 2.48. The maximum absolute atomic E-state index is 13.3. The SMILES string of the molecule is Cc1c(Oc2cc(F)cc(Cl)c2)ccc(S(=O)(=O)C(F)(F)F)c1Cl. The van der Waals surface area contributed by atoms with Crippen LogP contribution in [0.5, 0.6) is 11.5 Å². The number of rotatable bonds is 3. The molecule has 0 spiro atoms. The zero-order valence-corrected chi connectivity index (χ0v) is 14.1. The van der Waals surface area contributed by atoms with Gasteiger partial charge < -0.3 is 4.74 Å². The molecule has 0 N–H and O–H groups in total. The predicted molar refractivity (Wildman–Crippen MR) is 80.9 cm³/mol. The second-order valence-electron chi connectivity index (χ2n) is 4.66. The van der Waals surface area contributed by atoms with Crippen LogP contribution >= 0.6 is 23.2 Å². The van der Waals surface area contributed by atoms with Crippen molar-refractivity contribution in [2.45, 2.75) is 17.3 Å². The van der Waals surface area contributed by atoms with Crippen LogP contribution in [0.4, 0.5) is 17.6 Å². The van der Waals surface area contributed by atoms with E-state index in [9.17, 15) is 26.0 Å². The Bertz CT molecular complexity index is 875. The quantitative estimate of drug-likeness (QED) is 0.634. The first kappa shape index (κ1) is 18.8. The fraction of sp³-hybridized carbons (Fsp3) is 0.143. The highest BCUT2D eigenvalue weighted by molar-refractivity contribution is 7.92. The van der Waals surface area contributed by atoms with Crippen molar-refractivity contribution in [3.63, 3.8) is 0 Å². The predicted octanol–water partition coefficient (Wildman–Crippen LogP) is 5.53. The Kier molecular flexibility index (Phi) is 5.03. The van der Waals surface area contributed by atoms with E-state index in [0.29, 0.717) is 6.07 Å². The van der Waals surface area contributed by atoms with Gasteiger partial charge in [0.25, 0.3) is 9.84 Å². The lowest BCUT2D eigenvalue weighted by atomic mass is 10.2. The summed E-state index contributed by atoms with van der Waals surface area (Å²) >= 11 is 11.4. The van der Waals surface area contributed by atoms with Gasteiger partial charge in [-0.25, -0.2) is 12.8 Å². The summed E-state index contributed by atoms with van der Waals surface area (Å²) in [5.74, 6) is -0.745. The summed E-state index contributed by atoms with van der Waals surface area (Å²) < 4.78 is 79.4. The van der Waals surface area contributed by atoms with Crippen molar-refractivity contribution >= 4 is 33.0 Å². The Morgan fingerprint density at radius 3 is 2.25 bits per heavy atom. The zero-order chi connectivity index (χ0) is 18.3. The highest BCUT2D eigenvalue weighted by Gasteiger charge is 2.48. The van der Waals surface area contributed by atoms with Gasteiger partial charge in [0.1, 0.15) is 17.3 Å². The maximum atomic E-state index is 13.3. The van der Waals surface area contributed by atoms with Gasteiger partial charge >= 0.3 is 5.51 Å². The van der Waals surface area contributed by atoms with E-state index in [1.165, 1.54) is 13.0 Å². The van der Waals surface area contributed by atoms with Crippen LogP contribution in [0.3, 0.4) is 0 Å². The standard InChI is InChI=1S/C14H8Cl2F4O3S/c1-7-11(23-10-5-8(15)4-9(17)6-10)2-3-12(13(7)16)24(21,22)14(18,19)20/h2-6H,1H3. The molecule has 2 rings (SSSR count). The smallest absolute Gasteiger partial charge is 0.457 e. The molecule has 0 heterocycles. The van der Waals surface area contributed by atoms with Crippen LogP contribution in [0.15, 0.2) is 35.2 Å². The van der Waals surface area contributed by atoms with Gasteiger partial charge in [0.05, 0.1) is 9.92 Å². The highest BCUT2D eigenvalue weighted by Crippen LogP contribution is 2.39. The third-order valence-electron chi connectivity index (χ3n) is 2.96. The Hall–Kier alpha value is -1.51. The molecule has 0 aliphatic rings. The lowest BCUT2D eigenvalue weighted by molar-refractivity contribution is -0.0436. The Morgan fingerprint density at radius 1 is 1.08 bits per heavy atom. The minimum Gasteiger partial charge on any atom is -0.457 e. The van der Waals surface area contributed by atoms with Gasteiger partial charge in [0.15, 0.2) is 0 Å². The fourth-order valence-electron chi connectivity index (χ4n) is 1.80. The van der Waals surface area contributed by atoms with E-state index in [-0.39, 0.29) is 22.1 Å². The lowest BCUT2D eigenvalue weighted by Gasteiger charge is -2.14. The first-order valence-corrected chi connectivity index (χ1v) is 8.42. The summed E-state index contributed by atoms with van der Waals surface area (Å²) in [5, 5.41) is -0.586. The van der Waals surface area contributed by atoms with Gasteiger partial charge in [-0.3, -0.25) is 0 Å². The molecule has 0 fully saturated rings. The van der Waals surface area contributed by atoms with Gasteiger partial charge in [-0.1, -0.05) is 23.2 Å². The molecule has 0 radical (unpaired) electrons. The first-order valence-electron chi connectivity index (χ1n) is 6.18. The monoisotopic (exact) mass is 402 g/mol. The molecule has 0 aliphatic heterocycles. The lowest BCUT2D eigenvalue weighted by Crippen LogP contribution is -2.23. The number of alkyl halides is 3. The number of hydrogen-bond acceptors (Lipinski definition) is 3. The van der Waals surface area contributed by atoms with Crippen LogP contribution in [0.25, 0.3) is 0 Å². The molecule has 10 heteroatoms. The summed E-state index contributed by atoms with van der Waals surface area (Å²) in [6.45, 7) is 1.27. The van der Waals surface area contributed by atoms with Crippen LogP contribution in [0.1, 0.15) is 5.56 Å². The summed E-state index contributed by atoms with van der Waals surface area (Å²) in [6.07, 6.45) is 0. The molecule has 0 aromatic heterocycles. The molecule has 24 heavy (non-hydrogen) atoms. The van der Waals surface area contributed by atoms with Gasteiger partial charge in [0, 0.05) is 16.7 Å².